The first-order valence-corrected chi connectivity index (χ1v) is 9.30. The molecule has 0 fully saturated rings. The number of aryl methyl sites for hydroxylation is 1. The van der Waals surface area contributed by atoms with Crippen LogP contribution in [-0.4, -0.2) is 5.16 Å². The van der Waals surface area contributed by atoms with E-state index in [1.807, 2.05) is 24.3 Å². The number of halogens is 2. The van der Waals surface area contributed by atoms with Gasteiger partial charge in [0.1, 0.15) is 0 Å². The van der Waals surface area contributed by atoms with Gasteiger partial charge >= 0.3 is 0 Å². The van der Waals surface area contributed by atoms with Gasteiger partial charge in [0.15, 0.2) is 11.6 Å². The Morgan fingerprint density at radius 3 is 1.81 bits per heavy atom. The van der Waals surface area contributed by atoms with Gasteiger partial charge in [0.2, 0.25) is 0 Å². The Kier molecular flexibility index (Phi) is 6.23. The average Bonchev–Trinajstić information content (AvgIpc) is 2.70. The van der Waals surface area contributed by atoms with Crippen molar-refractivity contribution < 1.29 is 8.78 Å². The zero-order valence-corrected chi connectivity index (χ0v) is 15.8. The molecule has 27 heavy (non-hydrogen) atoms. The SMILES string of the molecule is CCCCc1ccc(-c2ccc(-c3ccc(N=C=S)cc3)c(F)c2F)cc1. The molecule has 0 radical (unpaired) electrons. The van der Waals surface area contributed by atoms with Gasteiger partial charge in [-0.25, -0.2) is 8.78 Å². The number of hydrogen-bond acceptors (Lipinski definition) is 2. The molecule has 0 N–H and O–H groups in total. The van der Waals surface area contributed by atoms with Crippen molar-refractivity contribution >= 4 is 23.1 Å². The van der Waals surface area contributed by atoms with Crippen molar-refractivity contribution in [2.24, 2.45) is 4.99 Å². The maximum Gasteiger partial charge on any atom is 0.167 e. The van der Waals surface area contributed by atoms with Crippen LogP contribution in [0.5, 0.6) is 0 Å². The van der Waals surface area contributed by atoms with Crippen LogP contribution in [0.3, 0.4) is 0 Å². The number of nitrogens with zero attached hydrogens (tertiary/aromatic N) is 1. The van der Waals surface area contributed by atoms with Gasteiger partial charge in [0, 0.05) is 11.1 Å². The van der Waals surface area contributed by atoms with Crippen LogP contribution in [0.15, 0.2) is 65.7 Å². The highest BCUT2D eigenvalue weighted by Gasteiger charge is 2.16. The standard InChI is InChI=1S/C23H19F2NS/c1-2-3-4-16-5-7-17(8-6-16)20-13-14-21(23(25)22(20)24)18-9-11-19(12-10-18)26-15-27/h5-14H,2-4H2,1H3. The zero-order valence-electron chi connectivity index (χ0n) is 15.0. The molecular formula is C23H19F2NS. The topological polar surface area (TPSA) is 12.4 Å². The van der Waals surface area contributed by atoms with E-state index < -0.39 is 11.6 Å². The van der Waals surface area contributed by atoms with E-state index in [4.69, 9.17) is 0 Å². The molecule has 0 aromatic heterocycles. The Bertz CT molecular complexity index is 973. The van der Waals surface area contributed by atoms with E-state index in [1.165, 1.54) is 5.56 Å². The molecule has 3 aromatic carbocycles. The monoisotopic (exact) mass is 379 g/mol. The summed E-state index contributed by atoms with van der Waals surface area (Å²) in [5.74, 6) is -1.69. The molecule has 3 rings (SSSR count). The highest BCUT2D eigenvalue weighted by molar-refractivity contribution is 7.78. The van der Waals surface area contributed by atoms with E-state index in [-0.39, 0.29) is 11.1 Å². The molecule has 136 valence electrons. The lowest BCUT2D eigenvalue weighted by Gasteiger charge is -2.10. The van der Waals surface area contributed by atoms with Crippen LogP contribution in [0.1, 0.15) is 25.3 Å². The van der Waals surface area contributed by atoms with Crippen LogP contribution in [0.4, 0.5) is 14.5 Å². The van der Waals surface area contributed by atoms with E-state index in [9.17, 15) is 8.78 Å². The molecule has 0 saturated carbocycles. The lowest BCUT2D eigenvalue weighted by atomic mass is 9.97. The molecule has 0 spiro atoms. The van der Waals surface area contributed by atoms with Crippen LogP contribution in [0.25, 0.3) is 22.3 Å². The minimum Gasteiger partial charge on any atom is -0.203 e. The van der Waals surface area contributed by atoms with Gasteiger partial charge < -0.3 is 0 Å². The van der Waals surface area contributed by atoms with Crippen molar-refractivity contribution in [3.8, 4) is 22.3 Å². The van der Waals surface area contributed by atoms with Crippen LogP contribution in [0.2, 0.25) is 0 Å². The third-order valence-electron chi connectivity index (χ3n) is 4.52. The fraction of sp³-hybridized carbons (Fsp3) is 0.174. The molecule has 0 atom stereocenters. The maximum atomic E-state index is 14.7. The lowest BCUT2D eigenvalue weighted by molar-refractivity contribution is 0.514. The first-order chi connectivity index (χ1) is 13.1. The third-order valence-corrected chi connectivity index (χ3v) is 4.61. The number of aliphatic imine (C=N–C) groups is 1. The lowest BCUT2D eigenvalue weighted by Crippen LogP contribution is -1.94. The second-order valence-corrected chi connectivity index (χ2v) is 6.52. The van der Waals surface area contributed by atoms with Gasteiger partial charge in [0.05, 0.1) is 10.8 Å². The number of isothiocyanates is 1. The molecule has 0 saturated heterocycles. The normalized spacial score (nSPS) is 10.5. The van der Waals surface area contributed by atoms with Gasteiger partial charge in [-0.1, -0.05) is 61.9 Å². The van der Waals surface area contributed by atoms with Crippen LogP contribution in [0, 0.1) is 11.6 Å². The number of benzene rings is 3. The molecule has 0 amide bonds. The highest BCUT2D eigenvalue weighted by Crippen LogP contribution is 2.32. The number of rotatable bonds is 6. The summed E-state index contributed by atoms with van der Waals surface area (Å²) < 4.78 is 29.4. The van der Waals surface area contributed by atoms with Crippen molar-refractivity contribution in [1.29, 1.82) is 0 Å². The van der Waals surface area contributed by atoms with E-state index in [1.54, 1.807) is 36.4 Å². The highest BCUT2D eigenvalue weighted by atomic mass is 32.1. The van der Waals surface area contributed by atoms with Gasteiger partial charge in [-0.05, 0) is 53.9 Å². The van der Waals surface area contributed by atoms with E-state index >= 15 is 0 Å². The minimum absolute atomic E-state index is 0.216. The summed E-state index contributed by atoms with van der Waals surface area (Å²) in [6, 6.07) is 17.6. The van der Waals surface area contributed by atoms with Crippen LogP contribution < -0.4 is 0 Å². The summed E-state index contributed by atoms with van der Waals surface area (Å²) in [7, 11) is 0. The van der Waals surface area contributed by atoms with E-state index in [0.29, 0.717) is 16.8 Å². The molecule has 1 nitrogen and oxygen atoms in total. The first kappa shape index (κ1) is 19.1. The largest absolute Gasteiger partial charge is 0.203 e. The van der Waals surface area contributed by atoms with Crippen molar-refractivity contribution in [2.75, 3.05) is 0 Å². The van der Waals surface area contributed by atoms with Crippen molar-refractivity contribution in [3.63, 3.8) is 0 Å². The smallest absolute Gasteiger partial charge is 0.167 e. The molecule has 0 bridgehead atoms. The number of unbranched alkanes of at least 4 members (excludes halogenated alkanes) is 1. The molecule has 0 aliphatic carbocycles. The van der Waals surface area contributed by atoms with Gasteiger partial charge in [-0.3, -0.25) is 0 Å². The Balaban J connectivity index is 1.91. The number of hydrogen-bond donors (Lipinski definition) is 0. The summed E-state index contributed by atoms with van der Waals surface area (Å²) in [6.07, 6.45) is 3.24. The second-order valence-electron chi connectivity index (χ2n) is 6.34. The minimum atomic E-state index is -0.853. The second kappa shape index (κ2) is 8.81. The fourth-order valence-corrected chi connectivity index (χ4v) is 3.10. The summed E-state index contributed by atoms with van der Waals surface area (Å²) in [6.45, 7) is 2.15. The summed E-state index contributed by atoms with van der Waals surface area (Å²) in [4.78, 5) is 3.86. The molecule has 0 heterocycles. The zero-order chi connectivity index (χ0) is 19.2. The molecular weight excluding hydrogens is 360 g/mol. The Labute approximate surface area is 163 Å². The maximum absolute atomic E-state index is 14.7. The predicted molar refractivity (Wildman–Crippen MR) is 111 cm³/mol. The Morgan fingerprint density at radius 1 is 0.815 bits per heavy atom. The van der Waals surface area contributed by atoms with Gasteiger partial charge in [-0.2, -0.15) is 4.99 Å². The third kappa shape index (κ3) is 4.36. The van der Waals surface area contributed by atoms with Crippen molar-refractivity contribution in [3.05, 3.63) is 77.9 Å². The molecule has 0 aliphatic rings. The van der Waals surface area contributed by atoms with Crippen molar-refractivity contribution in [1.82, 2.24) is 0 Å². The first-order valence-electron chi connectivity index (χ1n) is 8.89. The van der Waals surface area contributed by atoms with Crippen molar-refractivity contribution in [2.45, 2.75) is 26.2 Å². The van der Waals surface area contributed by atoms with Crippen LogP contribution in [-0.2, 0) is 6.42 Å². The van der Waals surface area contributed by atoms with E-state index in [0.717, 1.165) is 19.3 Å². The molecule has 0 unspecified atom stereocenters. The van der Waals surface area contributed by atoms with Crippen LogP contribution >= 0.6 is 12.2 Å². The Hall–Kier alpha value is -2.68. The quantitative estimate of drug-likeness (QED) is 0.321. The summed E-state index contributed by atoms with van der Waals surface area (Å²) >= 11 is 4.56. The summed E-state index contributed by atoms with van der Waals surface area (Å²) in [5, 5.41) is 2.28. The van der Waals surface area contributed by atoms with E-state index in [2.05, 4.69) is 29.3 Å². The molecule has 4 heteroatoms. The van der Waals surface area contributed by atoms with Gasteiger partial charge in [-0.15, -0.1) is 0 Å². The summed E-state index contributed by atoms with van der Waals surface area (Å²) in [5.41, 5.74) is 3.56. The fourth-order valence-electron chi connectivity index (χ4n) is 3.00. The predicted octanol–water partition coefficient (Wildman–Crippen LogP) is 7.38. The molecule has 0 aliphatic heterocycles. The van der Waals surface area contributed by atoms with Gasteiger partial charge in [0.25, 0.3) is 0 Å². The molecule has 3 aromatic rings. The Morgan fingerprint density at radius 2 is 1.33 bits per heavy atom. The number of thiocarbonyl (C=S) groups is 1. The average molecular weight is 379 g/mol.